The van der Waals surface area contributed by atoms with Crippen molar-refractivity contribution in [1.82, 2.24) is 0 Å². The standard InChI is InChI=1S/C16H32O2.C3H8O3.C2H4O/c1-2-3-4-5-6-7-8-9-10-11-12-13-14-15-16(17)18;4-1-3(6)2-5;1-2-3-1/h2-15H2,1H3,(H,17,18);3-6H,1-2H2;1-2H2. The Morgan fingerprint density at radius 1 is 0.778 bits per heavy atom. The second-order valence-electron chi connectivity index (χ2n) is 7.02. The molecule has 1 aliphatic heterocycles. The number of aliphatic hydroxyl groups is 3. The molecule has 0 aromatic carbocycles. The molecule has 1 saturated heterocycles. The van der Waals surface area contributed by atoms with E-state index < -0.39 is 12.1 Å². The molecule has 1 rings (SSSR count). The molecule has 6 nitrogen and oxygen atoms in total. The Labute approximate surface area is 165 Å². The molecule has 1 aliphatic rings. The highest BCUT2D eigenvalue weighted by Crippen LogP contribution is 2.12. The Bertz CT molecular complexity index is 277. The van der Waals surface area contributed by atoms with Crippen LogP contribution in [0.5, 0.6) is 0 Å². The number of aliphatic hydroxyl groups excluding tert-OH is 3. The molecule has 164 valence electrons. The van der Waals surface area contributed by atoms with E-state index in [0.717, 1.165) is 26.1 Å². The van der Waals surface area contributed by atoms with Gasteiger partial charge in [0.2, 0.25) is 0 Å². The highest BCUT2D eigenvalue weighted by Gasteiger charge is 1.97. The quantitative estimate of drug-likeness (QED) is 0.234. The summed E-state index contributed by atoms with van der Waals surface area (Å²) >= 11 is 0. The maximum absolute atomic E-state index is 10.3. The third-order valence-electron chi connectivity index (χ3n) is 4.12. The van der Waals surface area contributed by atoms with Crippen molar-refractivity contribution in [2.45, 2.75) is 103 Å². The van der Waals surface area contributed by atoms with E-state index in [1.54, 1.807) is 0 Å². The van der Waals surface area contributed by atoms with E-state index in [1.165, 1.54) is 70.6 Å². The highest BCUT2D eigenvalue weighted by molar-refractivity contribution is 5.66. The lowest BCUT2D eigenvalue weighted by Gasteiger charge is -2.02. The zero-order valence-electron chi connectivity index (χ0n) is 17.4. The van der Waals surface area contributed by atoms with Crippen LogP contribution < -0.4 is 0 Å². The van der Waals surface area contributed by atoms with Gasteiger partial charge in [-0.25, -0.2) is 0 Å². The average Bonchev–Trinajstić information content (AvgIpc) is 3.54. The highest BCUT2D eigenvalue weighted by atomic mass is 16.6. The van der Waals surface area contributed by atoms with Gasteiger partial charge in [0.05, 0.1) is 26.4 Å². The third kappa shape index (κ3) is 36.9. The number of ether oxygens (including phenoxy) is 1. The fourth-order valence-electron chi connectivity index (χ4n) is 2.35. The summed E-state index contributed by atoms with van der Waals surface area (Å²) in [5, 5.41) is 32.5. The van der Waals surface area contributed by atoms with Gasteiger partial charge < -0.3 is 25.2 Å². The predicted molar refractivity (Wildman–Crippen MR) is 109 cm³/mol. The number of unbranched alkanes of at least 4 members (excludes halogenated alkanes) is 12. The summed E-state index contributed by atoms with van der Waals surface area (Å²) in [5.41, 5.74) is 0. The van der Waals surface area contributed by atoms with E-state index >= 15 is 0 Å². The number of hydrogen-bond donors (Lipinski definition) is 4. The van der Waals surface area contributed by atoms with Gasteiger partial charge in [-0.15, -0.1) is 0 Å². The maximum atomic E-state index is 10.3. The summed E-state index contributed by atoms with van der Waals surface area (Å²) in [4.78, 5) is 10.3. The largest absolute Gasteiger partial charge is 0.481 e. The minimum absolute atomic E-state index is 0.345. The lowest BCUT2D eigenvalue weighted by Crippen LogP contribution is -2.15. The minimum atomic E-state index is -0.954. The number of carboxylic acids is 1. The first-order valence-electron chi connectivity index (χ1n) is 10.8. The van der Waals surface area contributed by atoms with Crippen LogP contribution in [0.15, 0.2) is 0 Å². The van der Waals surface area contributed by atoms with Crippen LogP contribution in [0.25, 0.3) is 0 Å². The van der Waals surface area contributed by atoms with Crippen LogP contribution in [0.1, 0.15) is 96.8 Å². The van der Waals surface area contributed by atoms with Crippen molar-refractivity contribution < 1.29 is 30.0 Å². The molecule has 0 atom stereocenters. The predicted octanol–water partition coefficient (Wildman–Crippen LogP) is 3.90. The fourth-order valence-corrected chi connectivity index (χ4v) is 2.35. The third-order valence-corrected chi connectivity index (χ3v) is 4.12. The molecule has 6 heteroatoms. The first kappa shape index (κ1) is 28.5. The first-order chi connectivity index (χ1) is 13.1. The molecule has 0 radical (unpaired) electrons. The number of carbonyl (C=O) groups is 1. The van der Waals surface area contributed by atoms with Crippen molar-refractivity contribution in [1.29, 1.82) is 0 Å². The van der Waals surface area contributed by atoms with Crippen molar-refractivity contribution in [3.05, 3.63) is 0 Å². The van der Waals surface area contributed by atoms with Crippen LogP contribution in [-0.2, 0) is 9.53 Å². The summed E-state index contributed by atoms with van der Waals surface area (Å²) < 4.78 is 4.50. The molecule has 27 heavy (non-hydrogen) atoms. The SMILES string of the molecule is C1CO1.CCCCCCCCCCCCCCCC(=O)O.OCC(O)CO. The first-order valence-corrected chi connectivity index (χ1v) is 10.8. The molecule has 4 N–H and O–H groups in total. The molecule has 0 unspecified atom stereocenters. The molecule has 0 saturated carbocycles. The number of aliphatic carboxylic acids is 1. The van der Waals surface area contributed by atoms with Gasteiger partial charge in [-0.3, -0.25) is 4.79 Å². The van der Waals surface area contributed by atoms with Crippen molar-refractivity contribution in [2.24, 2.45) is 0 Å². The van der Waals surface area contributed by atoms with Crippen molar-refractivity contribution in [3.8, 4) is 0 Å². The van der Waals surface area contributed by atoms with E-state index in [0.29, 0.717) is 6.42 Å². The number of rotatable bonds is 16. The monoisotopic (exact) mass is 392 g/mol. The second-order valence-corrected chi connectivity index (χ2v) is 7.02. The summed E-state index contributed by atoms with van der Waals surface area (Å²) in [6, 6.07) is 0. The van der Waals surface area contributed by atoms with Gasteiger partial charge in [0.1, 0.15) is 6.10 Å². The Balaban J connectivity index is 0. The van der Waals surface area contributed by atoms with Crippen molar-refractivity contribution in [3.63, 3.8) is 0 Å². The smallest absolute Gasteiger partial charge is 0.303 e. The van der Waals surface area contributed by atoms with Gasteiger partial charge in [-0.1, -0.05) is 84.0 Å². The normalized spacial score (nSPS) is 12.0. The Morgan fingerprint density at radius 3 is 1.33 bits per heavy atom. The molecular formula is C21H44O6. The van der Waals surface area contributed by atoms with Crippen molar-refractivity contribution in [2.75, 3.05) is 26.4 Å². The molecule has 0 amide bonds. The van der Waals surface area contributed by atoms with Crippen LogP contribution >= 0.6 is 0 Å². The summed E-state index contributed by atoms with van der Waals surface area (Å²) in [5.74, 6) is -0.655. The van der Waals surface area contributed by atoms with Gasteiger partial charge in [0.15, 0.2) is 0 Å². The van der Waals surface area contributed by atoms with Crippen LogP contribution in [0.2, 0.25) is 0 Å². The van der Waals surface area contributed by atoms with Crippen molar-refractivity contribution >= 4 is 5.97 Å². The topological polar surface area (TPSA) is 111 Å². The zero-order valence-corrected chi connectivity index (χ0v) is 17.4. The fraction of sp³-hybridized carbons (Fsp3) is 0.952. The Morgan fingerprint density at radius 2 is 1.11 bits per heavy atom. The molecule has 0 aromatic heterocycles. The van der Waals surface area contributed by atoms with E-state index in [2.05, 4.69) is 11.7 Å². The minimum Gasteiger partial charge on any atom is -0.481 e. The molecule has 0 bridgehead atoms. The number of epoxide rings is 1. The number of hydrogen-bond acceptors (Lipinski definition) is 5. The Hall–Kier alpha value is -0.690. The lowest BCUT2D eigenvalue weighted by molar-refractivity contribution is -0.137. The van der Waals surface area contributed by atoms with Gasteiger partial charge >= 0.3 is 5.97 Å². The van der Waals surface area contributed by atoms with E-state index in [9.17, 15) is 4.79 Å². The molecular weight excluding hydrogens is 348 g/mol. The average molecular weight is 393 g/mol. The molecule has 0 spiro atoms. The van der Waals surface area contributed by atoms with Crippen LogP contribution in [0.4, 0.5) is 0 Å². The molecule has 0 aliphatic carbocycles. The van der Waals surface area contributed by atoms with E-state index in [-0.39, 0.29) is 13.2 Å². The van der Waals surface area contributed by atoms with Crippen LogP contribution in [0, 0.1) is 0 Å². The van der Waals surface area contributed by atoms with E-state index in [4.69, 9.17) is 20.4 Å². The summed E-state index contributed by atoms with van der Waals surface area (Å²) in [7, 11) is 0. The summed E-state index contributed by atoms with van der Waals surface area (Å²) in [6.07, 6.45) is 16.3. The molecule has 1 heterocycles. The molecule has 1 fully saturated rings. The number of carboxylic acid groups (broad SMARTS) is 1. The maximum Gasteiger partial charge on any atom is 0.303 e. The van der Waals surface area contributed by atoms with Gasteiger partial charge in [-0.2, -0.15) is 0 Å². The Kier molecular flexibility index (Phi) is 26.7. The zero-order chi connectivity index (χ0) is 20.6. The van der Waals surface area contributed by atoms with Gasteiger partial charge in [-0.05, 0) is 6.42 Å². The van der Waals surface area contributed by atoms with E-state index in [1.807, 2.05) is 0 Å². The summed E-state index contributed by atoms with van der Waals surface area (Å²) in [6.45, 7) is 3.53. The second kappa shape index (κ2) is 25.3. The van der Waals surface area contributed by atoms with Crippen LogP contribution in [0.3, 0.4) is 0 Å². The molecule has 0 aromatic rings. The van der Waals surface area contributed by atoms with Gasteiger partial charge in [0.25, 0.3) is 0 Å². The van der Waals surface area contributed by atoms with Gasteiger partial charge in [0, 0.05) is 6.42 Å². The lowest BCUT2D eigenvalue weighted by atomic mass is 10.0. The van der Waals surface area contributed by atoms with Crippen LogP contribution in [-0.4, -0.2) is 58.9 Å².